The molecule has 22 heavy (non-hydrogen) atoms. The molecule has 0 atom stereocenters. The van der Waals surface area contributed by atoms with E-state index in [-0.39, 0.29) is 0 Å². The molecule has 3 heterocycles. The van der Waals surface area contributed by atoms with Gasteiger partial charge < -0.3 is 9.80 Å². The maximum atomic E-state index is 9.24. The Morgan fingerprint density at radius 1 is 1.05 bits per heavy atom. The predicted octanol–water partition coefficient (Wildman–Crippen LogP) is 2.37. The van der Waals surface area contributed by atoms with E-state index in [1.54, 1.807) is 6.20 Å². The molecule has 0 aromatic carbocycles. The SMILES string of the molecule is Cc1cccc(N2CCCN(c3ncccc3C#N)CC2)n1. The number of nitrogens with zero attached hydrogens (tertiary/aromatic N) is 5. The minimum absolute atomic E-state index is 0.643. The summed E-state index contributed by atoms with van der Waals surface area (Å²) in [5.41, 5.74) is 1.68. The fourth-order valence-corrected chi connectivity index (χ4v) is 2.80. The molecule has 1 fully saturated rings. The van der Waals surface area contributed by atoms with Gasteiger partial charge in [0.1, 0.15) is 17.7 Å². The zero-order valence-electron chi connectivity index (χ0n) is 12.7. The van der Waals surface area contributed by atoms with Crippen LogP contribution in [0.4, 0.5) is 11.6 Å². The zero-order valence-corrected chi connectivity index (χ0v) is 12.7. The maximum Gasteiger partial charge on any atom is 0.146 e. The van der Waals surface area contributed by atoms with Gasteiger partial charge in [-0.3, -0.25) is 0 Å². The maximum absolute atomic E-state index is 9.24. The van der Waals surface area contributed by atoms with Crippen LogP contribution in [0.3, 0.4) is 0 Å². The van der Waals surface area contributed by atoms with Gasteiger partial charge in [-0.25, -0.2) is 9.97 Å². The largest absolute Gasteiger partial charge is 0.355 e. The first-order valence-electron chi connectivity index (χ1n) is 7.56. The summed E-state index contributed by atoms with van der Waals surface area (Å²) in [5, 5.41) is 9.24. The lowest BCUT2D eigenvalue weighted by Crippen LogP contribution is -2.32. The van der Waals surface area contributed by atoms with Crippen molar-refractivity contribution in [3.05, 3.63) is 47.8 Å². The summed E-state index contributed by atoms with van der Waals surface area (Å²) >= 11 is 0. The second kappa shape index (κ2) is 6.44. The summed E-state index contributed by atoms with van der Waals surface area (Å²) < 4.78 is 0. The molecule has 0 N–H and O–H groups in total. The first kappa shape index (κ1) is 14.3. The molecule has 0 aliphatic carbocycles. The minimum Gasteiger partial charge on any atom is -0.355 e. The third kappa shape index (κ3) is 3.01. The number of pyridine rings is 2. The van der Waals surface area contributed by atoms with Gasteiger partial charge in [0.15, 0.2) is 0 Å². The van der Waals surface area contributed by atoms with Crippen molar-refractivity contribution in [1.29, 1.82) is 5.26 Å². The Hall–Kier alpha value is -2.61. The van der Waals surface area contributed by atoms with Crippen LogP contribution in [0.2, 0.25) is 0 Å². The van der Waals surface area contributed by atoms with Gasteiger partial charge in [0.25, 0.3) is 0 Å². The molecule has 112 valence electrons. The van der Waals surface area contributed by atoms with Crippen LogP contribution in [0.1, 0.15) is 17.7 Å². The van der Waals surface area contributed by atoms with Gasteiger partial charge in [-0.15, -0.1) is 0 Å². The van der Waals surface area contributed by atoms with Crippen LogP contribution in [0.25, 0.3) is 0 Å². The van der Waals surface area contributed by atoms with Crippen molar-refractivity contribution in [2.45, 2.75) is 13.3 Å². The van der Waals surface area contributed by atoms with Gasteiger partial charge in [0.2, 0.25) is 0 Å². The summed E-state index contributed by atoms with van der Waals surface area (Å²) in [5.74, 6) is 1.83. The lowest BCUT2D eigenvalue weighted by atomic mass is 10.2. The van der Waals surface area contributed by atoms with Crippen LogP contribution in [0.5, 0.6) is 0 Å². The lowest BCUT2D eigenvalue weighted by molar-refractivity contribution is 0.792. The van der Waals surface area contributed by atoms with E-state index >= 15 is 0 Å². The molecule has 0 bridgehead atoms. The fourth-order valence-electron chi connectivity index (χ4n) is 2.80. The van der Waals surface area contributed by atoms with E-state index in [2.05, 4.69) is 31.9 Å². The van der Waals surface area contributed by atoms with Crippen molar-refractivity contribution >= 4 is 11.6 Å². The van der Waals surface area contributed by atoms with E-state index in [0.717, 1.165) is 49.9 Å². The molecule has 5 heteroatoms. The molecule has 3 rings (SSSR count). The summed E-state index contributed by atoms with van der Waals surface area (Å²) in [6.45, 7) is 5.63. The van der Waals surface area contributed by atoms with Crippen LogP contribution in [0.15, 0.2) is 36.5 Å². The molecule has 1 aliphatic heterocycles. The topological polar surface area (TPSA) is 56.0 Å². The number of hydrogen-bond donors (Lipinski definition) is 0. The molecule has 2 aromatic rings. The van der Waals surface area contributed by atoms with E-state index in [4.69, 9.17) is 0 Å². The van der Waals surface area contributed by atoms with Crippen molar-refractivity contribution in [2.75, 3.05) is 36.0 Å². The molecule has 0 saturated carbocycles. The van der Waals surface area contributed by atoms with Gasteiger partial charge in [-0.05, 0) is 37.6 Å². The molecule has 2 aromatic heterocycles. The van der Waals surface area contributed by atoms with E-state index < -0.39 is 0 Å². The summed E-state index contributed by atoms with van der Waals surface area (Å²) in [4.78, 5) is 13.5. The van der Waals surface area contributed by atoms with Crippen LogP contribution in [-0.4, -0.2) is 36.1 Å². The fraction of sp³-hybridized carbons (Fsp3) is 0.353. The van der Waals surface area contributed by atoms with E-state index in [1.165, 1.54) is 0 Å². The van der Waals surface area contributed by atoms with Crippen molar-refractivity contribution < 1.29 is 0 Å². The highest BCUT2D eigenvalue weighted by Gasteiger charge is 2.19. The zero-order chi connectivity index (χ0) is 15.4. The van der Waals surface area contributed by atoms with Gasteiger partial charge in [-0.2, -0.15) is 5.26 Å². The number of nitriles is 1. The molecular formula is C17H19N5. The van der Waals surface area contributed by atoms with Crippen molar-refractivity contribution in [3.8, 4) is 6.07 Å². The van der Waals surface area contributed by atoms with E-state index in [1.807, 2.05) is 31.2 Å². The molecule has 0 unspecified atom stereocenters. The molecule has 0 spiro atoms. The van der Waals surface area contributed by atoms with Gasteiger partial charge in [0, 0.05) is 38.1 Å². The number of rotatable bonds is 2. The second-order valence-electron chi connectivity index (χ2n) is 5.45. The van der Waals surface area contributed by atoms with Crippen LogP contribution in [0, 0.1) is 18.3 Å². The average Bonchev–Trinajstić information content (AvgIpc) is 2.81. The molecule has 1 aliphatic rings. The van der Waals surface area contributed by atoms with Crippen molar-refractivity contribution in [3.63, 3.8) is 0 Å². The molecule has 5 nitrogen and oxygen atoms in total. The Morgan fingerprint density at radius 3 is 2.68 bits per heavy atom. The summed E-state index contributed by atoms with van der Waals surface area (Å²) in [7, 11) is 0. The number of aryl methyl sites for hydroxylation is 1. The Balaban J connectivity index is 1.76. The first-order chi connectivity index (χ1) is 10.8. The normalized spacial score (nSPS) is 15.3. The smallest absolute Gasteiger partial charge is 0.146 e. The highest BCUT2D eigenvalue weighted by atomic mass is 15.3. The Morgan fingerprint density at radius 2 is 1.86 bits per heavy atom. The number of aromatic nitrogens is 2. The number of anilines is 2. The van der Waals surface area contributed by atoms with Gasteiger partial charge >= 0.3 is 0 Å². The predicted molar refractivity (Wildman–Crippen MR) is 87.0 cm³/mol. The Bertz CT molecular complexity index is 691. The molecular weight excluding hydrogens is 274 g/mol. The van der Waals surface area contributed by atoms with E-state index in [0.29, 0.717) is 5.56 Å². The standard InChI is InChI=1S/C17H19N5/c1-14-5-2-7-16(20-14)21-9-4-10-22(12-11-21)17-15(13-18)6-3-8-19-17/h2-3,5-8H,4,9-12H2,1H3. The average molecular weight is 293 g/mol. The third-order valence-corrected chi connectivity index (χ3v) is 3.90. The van der Waals surface area contributed by atoms with E-state index in [9.17, 15) is 5.26 Å². The van der Waals surface area contributed by atoms with Gasteiger partial charge in [0.05, 0.1) is 5.56 Å². The molecule has 0 radical (unpaired) electrons. The highest BCUT2D eigenvalue weighted by molar-refractivity contribution is 5.54. The Kier molecular flexibility index (Phi) is 4.19. The molecule has 0 amide bonds. The van der Waals surface area contributed by atoms with Crippen LogP contribution in [-0.2, 0) is 0 Å². The summed E-state index contributed by atoms with van der Waals surface area (Å²) in [6.07, 6.45) is 2.78. The molecule has 1 saturated heterocycles. The second-order valence-corrected chi connectivity index (χ2v) is 5.45. The van der Waals surface area contributed by atoms with Crippen LogP contribution >= 0.6 is 0 Å². The monoisotopic (exact) mass is 293 g/mol. The summed E-state index contributed by atoms with van der Waals surface area (Å²) in [6, 6.07) is 12.0. The quantitative estimate of drug-likeness (QED) is 0.851. The van der Waals surface area contributed by atoms with Gasteiger partial charge in [-0.1, -0.05) is 6.07 Å². The highest BCUT2D eigenvalue weighted by Crippen LogP contribution is 2.20. The lowest BCUT2D eigenvalue weighted by Gasteiger charge is -2.24. The van der Waals surface area contributed by atoms with Crippen molar-refractivity contribution in [2.24, 2.45) is 0 Å². The van der Waals surface area contributed by atoms with Crippen molar-refractivity contribution in [1.82, 2.24) is 9.97 Å². The first-order valence-corrected chi connectivity index (χ1v) is 7.56. The number of hydrogen-bond acceptors (Lipinski definition) is 5. The van der Waals surface area contributed by atoms with Crippen LogP contribution < -0.4 is 9.80 Å². The third-order valence-electron chi connectivity index (χ3n) is 3.90. The Labute approximate surface area is 130 Å². The minimum atomic E-state index is 0.643.